The van der Waals surface area contributed by atoms with E-state index >= 15 is 0 Å². The second-order valence-electron chi connectivity index (χ2n) is 5.21. The summed E-state index contributed by atoms with van der Waals surface area (Å²) in [5, 5.41) is 4.71. The van der Waals surface area contributed by atoms with Crippen LogP contribution in [0.1, 0.15) is 51.1 Å². The van der Waals surface area contributed by atoms with E-state index in [1.54, 1.807) is 0 Å². The highest BCUT2D eigenvalue weighted by atomic mass is 79.9. The molecule has 19 heavy (non-hydrogen) atoms. The van der Waals surface area contributed by atoms with Gasteiger partial charge >= 0.3 is 0 Å². The fourth-order valence-electron chi connectivity index (χ4n) is 2.93. The summed E-state index contributed by atoms with van der Waals surface area (Å²) < 4.78 is 1.16. The Bertz CT molecular complexity index is 379. The number of benzene rings is 1. The lowest BCUT2D eigenvalue weighted by molar-refractivity contribution is 0.435. The summed E-state index contributed by atoms with van der Waals surface area (Å²) in [6.07, 6.45) is 5.26. The van der Waals surface area contributed by atoms with Crippen molar-refractivity contribution in [3.05, 3.63) is 34.3 Å². The minimum Gasteiger partial charge on any atom is -0.306 e. The predicted molar refractivity (Wildman–Crippen MR) is 89.9 cm³/mol. The number of hydrogen-bond donors (Lipinski definition) is 1. The smallest absolute Gasteiger partial charge is 0.0320 e. The van der Waals surface area contributed by atoms with Crippen molar-refractivity contribution in [2.75, 3.05) is 5.75 Å². The summed E-state index contributed by atoms with van der Waals surface area (Å²) in [6, 6.07) is 9.96. The second kappa shape index (κ2) is 7.70. The van der Waals surface area contributed by atoms with Crippen molar-refractivity contribution < 1.29 is 0 Å². The first-order chi connectivity index (χ1) is 9.24. The number of hydrogen-bond acceptors (Lipinski definition) is 2. The van der Waals surface area contributed by atoms with Crippen molar-refractivity contribution in [2.24, 2.45) is 0 Å². The molecule has 0 saturated heterocycles. The third kappa shape index (κ3) is 4.24. The number of nitrogens with one attached hydrogen (secondary N) is 1. The lowest BCUT2D eigenvalue weighted by atomic mass is 10.0. The van der Waals surface area contributed by atoms with E-state index in [4.69, 9.17) is 0 Å². The van der Waals surface area contributed by atoms with Gasteiger partial charge in [-0.15, -0.1) is 0 Å². The first-order valence-corrected chi connectivity index (χ1v) is 9.21. The highest BCUT2D eigenvalue weighted by Gasteiger charge is 2.28. The average Bonchev–Trinajstić information content (AvgIpc) is 2.85. The Morgan fingerprint density at radius 3 is 2.63 bits per heavy atom. The SMILES string of the molecule is CCSC1CCCC1NC(CC)c1ccc(Br)cc1. The predicted octanol–water partition coefficient (Wildman–Crippen LogP) is 5.16. The van der Waals surface area contributed by atoms with Crippen molar-refractivity contribution >= 4 is 27.7 Å². The molecule has 0 radical (unpaired) electrons. The molecule has 1 N–H and O–H groups in total. The van der Waals surface area contributed by atoms with Crippen molar-refractivity contribution in [3.8, 4) is 0 Å². The zero-order chi connectivity index (χ0) is 13.7. The van der Waals surface area contributed by atoms with Crippen LogP contribution in [-0.2, 0) is 0 Å². The fourth-order valence-corrected chi connectivity index (χ4v) is 4.41. The van der Waals surface area contributed by atoms with E-state index < -0.39 is 0 Å². The Labute approximate surface area is 130 Å². The van der Waals surface area contributed by atoms with Gasteiger partial charge < -0.3 is 5.32 Å². The second-order valence-corrected chi connectivity index (χ2v) is 7.64. The molecule has 1 aliphatic carbocycles. The van der Waals surface area contributed by atoms with Gasteiger partial charge in [0.25, 0.3) is 0 Å². The van der Waals surface area contributed by atoms with Gasteiger partial charge in [-0.3, -0.25) is 0 Å². The molecule has 0 aromatic heterocycles. The van der Waals surface area contributed by atoms with Crippen LogP contribution in [0.15, 0.2) is 28.7 Å². The van der Waals surface area contributed by atoms with E-state index in [1.807, 2.05) is 0 Å². The van der Waals surface area contributed by atoms with Crippen molar-refractivity contribution in [3.63, 3.8) is 0 Å². The Kier molecular flexibility index (Phi) is 6.24. The molecule has 3 atom stereocenters. The molecule has 1 aromatic rings. The Balaban J connectivity index is 2.00. The molecular weight excluding hydrogens is 318 g/mol. The van der Waals surface area contributed by atoms with E-state index in [-0.39, 0.29) is 0 Å². The van der Waals surface area contributed by atoms with Crippen LogP contribution in [0.5, 0.6) is 0 Å². The third-order valence-corrected chi connectivity index (χ3v) is 5.78. The monoisotopic (exact) mass is 341 g/mol. The van der Waals surface area contributed by atoms with Crippen LogP contribution in [0, 0.1) is 0 Å². The van der Waals surface area contributed by atoms with E-state index in [1.165, 1.54) is 30.6 Å². The number of thioether (sulfide) groups is 1. The van der Waals surface area contributed by atoms with Crippen LogP contribution < -0.4 is 5.32 Å². The molecule has 106 valence electrons. The minimum absolute atomic E-state index is 0.496. The van der Waals surface area contributed by atoms with Gasteiger partial charge in [-0.25, -0.2) is 0 Å². The van der Waals surface area contributed by atoms with Crippen LogP contribution in [-0.4, -0.2) is 17.0 Å². The number of rotatable bonds is 6. The highest BCUT2D eigenvalue weighted by Crippen LogP contribution is 2.32. The van der Waals surface area contributed by atoms with E-state index in [0.717, 1.165) is 16.1 Å². The summed E-state index contributed by atoms with van der Waals surface area (Å²) in [5.41, 5.74) is 1.41. The molecule has 0 spiro atoms. The summed E-state index contributed by atoms with van der Waals surface area (Å²) in [4.78, 5) is 0. The molecule has 1 saturated carbocycles. The van der Waals surface area contributed by atoms with Crippen LogP contribution in [0.4, 0.5) is 0 Å². The van der Waals surface area contributed by atoms with E-state index in [9.17, 15) is 0 Å². The Hall–Kier alpha value is 0.01000. The zero-order valence-corrected chi connectivity index (χ0v) is 14.3. The van der Waals surface area contributed by atoms with E-state index in [2.05, 4.69) is 71.1 Å². The van der Waals surface area contributed by atoms with Crippen molar-refractivity contribution in [1.29, 1.82) is 0 Å². The first kappa shape index (κ1) is 15.4. The van der Waals surface area contributed by atoms with Gasteiger partial charge in [-0.05, 0) is 42.7 Å². The van der Waals surface area contributed by atoms with Crippen molar-refractivity contribution in [2.45, 2.75) is 56.9 Å². The normalized spacial score (nSPS) is 24.6. The summed E-state index contributed by atoms with van der Waals surface area (Å²) in [6.45, 7) is 4.54. The van der Waals surface area contributed by atoms with Gasteiger partial charge in [0.05, 0.1) is 0 Å². The average molecular weight is 342 g/mol. The Morgan fingerprint density at radius 1 is 1.26 bits per heavy atom. The van der Waals surface area contributed by atoms with Gasteiger partial charge in [-0.2, -0.15) is 11.8 Å². The van der Waals surface area contributed by atoms with Crippen LogP contribution in [0.3, 0.4) is 0 Å². The van der Waals surface area contributed by atoms with Gasteiger partial charge in [0.2, 0.25) is 0 Å². The molecule has 3 unspecified atom stereocenters. The van der Waals surface area contributed by atoms with Crippen LogP contribution in [0.25, 0.3) is 0 Å². The molecule has 2 rings (SSSR count). The molecule has 1 aliphatic rings. The molecule has 1 fully saturated rings. The van der Waals surface area contributed by atoms with Gasteiger partial charge in [0, 0.05) is 21.8 Å². The maximum Gasteiger partial charge on any atom is 0.0320 e. The largest absolute Gasteiger partial charge is 0.306 e. The number of halogens is 1. The molecule has 0 bridgehead atoms. The van der Waals surface area contributed by atoms with E-state index in [0.29, 0.717) is 12.1 Å². The topological polar surface area (TPSA) is 12.0 Å². The molecule has 0 amide bonds. The lowest BCUT2D eigenvalue weighted by Gasteiger charge is -2.26. The minimum atomic E-state index is 0.496. The van der Waals surface area contributed by atoms with Crippen LogP contribution >= 0.6 is 27.7 Å². The van der Waals surface area contributed by atoms with Gasteiger partial charge in [0.1, 0.15) is 0 Å². The zero-order valence-electron chi connectivity index (χ0n) is 11.9. The van der Waals surface area contributed by atoms with Crippen molar-refractivity contribution in [1.82, 2.24) is 5.32 Å². The van der Waals surface area contributed by atoms with Gasteiger partial charge in [0.15, 0.2) is 0 Å². The molecule has 0 heterocycles. The summed E-state index contributed by atoms with van der Waals surface area (Å²) in [5.74, 6) is 1.23. The van der Waals surface area contributed by atoms with Gasteiger partial charge in [-0.1, -0.05) is 48.3 Å². The lowest BCUT2D eigenvalue weighted by Crippen LogP contribution is -2.37. The first-order valence-electron chi connectivity index (χ1n) is 7.37. The highest BCUT2D eigenvalue weighted by molar-refractivity contribution is 9.10. The maximum absolute atomic E-state index is 3.90. The summed E-state index contributed by atoms with van der Waals surface area (Å²) >= 11 is 5.64. The molecule has 0 aliphatic heterocycles. The quantitative estimate of drug-likeness (QED) is 0.766. The molecule has 3 heteroatoms. The van der Waals surface area contributed by atoms with Crippen LogP contribution in [0.2, 0.25) is 0 Å². The fraction of sp³-hybridized carbons (Fsp3) is 0.625. The standard InChI is InChI=1S/C16H24BrNS/c1-3-14(12-8-10-13(17)11-9-12)18-15-6-5-7-16(15)19-4-2/h8-11,14-16,18H,3-7H2,1-2H3. The maximum atomic E-state index is 3.90. The third-order valence-electron chi connectivity index (χ3n) is 3.93. The molecule has 1 nitrogen and oxygen atoms in total. The molecule has 1 aromatic carbocycles. The Morgan fingerprint density at radius 2 is 2.00 bits per heavy atom. The summed E-state index contributed by atoms with van der Waals surface area (Å²) in [7, 11) is 0. The molecular formula is C16H24BrNS.